The molecule has 0 saturated carbocycles. The molecule has 1 fully saturated rings. The summed E-state index contributed by atoms with van der Waals surface area (Å²) in [4.78, 5) is 39.0. The SMILES string of the molecule is [C-]#[N+]c1ccc(C(=C2CCN(C(=O)C(=O)c3c[nH]c4c(OC)ncc(OC)c34)CC2)c2ccccc2)cc1. The van der Waals surface area contributed by atoms with E-state index in [0.29, 0.717) is 54.2 Å². The Morgan fingerprint density at radius 1 is 0.974 bits per heavy atom. The molecule has 3 heterocycles. The molecule has 0 unspecified atom stereocenters. The molecule has 1 N–H and O–H groups in total. The molecule has 1 aliphatic rings. The van der Waals surface area contributed by atoms with E-state index in [1.807, 2.05) is 42.5 Å². The summed E-state index contributed by atoms with van der Waals surface area (Å²) in [5.41, 5.74) is 5.77. The van der Waals surface area contributed by atoms with Crippen LogP contribution in [-0.2, 0) is 4.79 Å². The van der Waals surface area contributed by atoms with Crippen LogP contribution < -0.4 is 9.47 Å². The van der Waals surface area contributed by atoms with Gasteiger partial charge in [-0.3, -0.25) is 9.59 Å². The Morgan fingerprint density at radius 2 is 1.66 bits per heavy atom. The number of hydrogen-bond donors (Lipinski definition) is 1. The fourth-order valence-electron chi connectivity index (χ4n) is 4.95. The van der Waals surface area contributed by atoms with Crippen molar-refractivity contribution in [2.24, 2.45) is 0 Å². The zero-order valence-electron chi connectivity index (χ0n) is 21.2. The summed E-state index contributed by atoms with van der Waals surface area (Å²) in [6.45, 7) is 8.11. The van der Waals surface area contributed by atoms with Crippen molar-refractivity contribution < 1.29 is 19.1 Å². The molecule has 0 radical (unpaired) electrons. The van der Waals surface area contributed by atoms with Crippen molar-refractivity contribution in [3.8, 4) is 11.6 Å². The molecular weight excluding hydrogens is 480 g/mol. The lowest BCUT2D eigenvalue weighted by Gasteiger charge is -2.30. The Labute approximate surface area is 220 Å². The number of aromatic amines is 1. The van der Waals surface area contributed by atoms with Gasteiger partial charge < -0.3 is 19.4 Å². The van der Waals surface area contributed by atoms with Gasteiger partial charge in [-0.25, -0.2) is 9.83 Å². The number of benzene rings is 2. The minimum absolute atomic E-state index is 0.230. The third-order valence-electron chi connectivity index (χ3n) is 6.85. The monoisotopic (exact) mass is 506 g/mol. The molecule has 190 valence electrons. The first-order valence-corrected chi connectivity index (χ1v) is 12.2. The van der Waals surface area contributed by atoms with Crippen LogP contribution in [0.2, 0.25) is 0 Å². The van der Waals surface area contributed by atoms with E-state index in [1.165, 1.54) is 32.2 Å². The van der Waals surface area contributed by atoms with Crippen molar-refractivity contribution in [3.63, 3.8) is 0 Å². The number of carbonyl (C=O) groups excluding carboxylic acids is 2. The van der Waals surface area contributed by atoms with E-state index >= 15 is 0 Å². The van der Waals surface area contributed by atoms with Gasteiger partial charge in [0.05, 0.1) is 37.9 Å². The van der Waals surface area contributed by atoms with E-state index in [-0.39, 0.29) is 5.56 Å². The highest BCUT2D eigenvalue weighted by atomic mass is 16.5. The second kappa shape index (κ2) is 10.6. The molecule has 8 heteroatoms. The minimum atomic E-state index is -0.603. The molecule has 0 spiro atoms. The van der Waals surface area contributed by atoms with Crippen molar-refractivity contribution in [1.82, 2.24) is 14.9 Å². The third kappa shape index (κ3) is 4.50. The first-order chi connectivity index (χ1) is 18.5. The van der Waals surface area contributed by atoms with Crippen molar-refractivity contribution in [2.75, 3.05) is 27.3 Å². The summed E-state index contributed by atoms with van der Waals surface area (Å²) in [5.74, 6) is -0.449. The lowest BCUT2D eigenvalue weighted by Crippen LogP contribution is -2.40. The van der Waals surface area contributed by atoms with Gasteiger partial charge >= 0.3 is 0 Å². The van der Waals surface area contributed by atoms with E-state index in [9.17, 15) is 9.59 Å². The highest BCUT2D eigenvalue weighted by Gasteiger charge is 2.30. The number of pyridine rings is 1. The molecule has 1 aliphatic heterocycles. The molecule has 0 bridgehead atoms. The van der Waals surface area contributed by atoms with Crippen LogP contribution in [-0.4, -0.2) is 53.9 Å². The number of likely N-dealkylation sites (tertiary alicyclic amines) is 1. The van der Waals surface area contributed by atoms with Crippen LogP contribution in [0, 0.1) is 6.57 Å². The van der Waals surface area contributed by atoms with Gasteiger partial charge in [-0.2, -0.15) is 0 Å². The molecule has 4 aromatic rings. The van der Waals surface area contributed by atoms with E-state index in [1.54, 1.807) is 4.90 Å². The van der Waals surface area contributed by atoms with Crippen LogP contribution in [0.1, 0.15) is 34.3 Å². The molecular formula is C30H26N4O4. The Kier molecular flexibility index (Phi) is 6.92. The molecule has 0 atom stereocenters. The Hall–Kier alpha value is -4.90. The van der Waals surface area contributed by atoms with Crippen LogP contribution in [0.3, 0.4) is 0 Å². The maximum Gasteiger partial charge on any atom is 0.295 e. The number of nitrogens with one attached hydrogen (secondary N) is 1. The maximum atomic E-state index is 13.3. The number of Topliss-reactive ketones (excluding diaryl/α,β-unsaturated/α-hetero) is 1. The smallest absolute Gasteiger partial charge is 0.295 e. The number of nitrogens with zero attached hydrogens (tertiary/aromatic N) is 3. The number of ketones is 1. The van der Waals surface area contributed by atoms with Crippen molar-refractivity contribution >= 4 is 33.9 Å². The lowest BCUT2D eigenvalue weighted by atomic mass is 9.88. The van der Waals surface area contributed by atoms with Crippen LogP contribution in [0.4, 0.5) is 5.69 Å². The molecule has 1 amide bonds. The second-order valence-corrected chi connectivity index (χ2v) is 8.91. The fraction of sp³-hybridized carbons (Fsp3) is 0.200. The second-order valence-electron chi connectivity index (χ2n) is 8.91. The zero-order chi connectivity index (χ0) is 26.6. The van der Waals surface area contributed by atoms with Crippen LogP contribution >= 0.6 is 0 Å². The predicted molar refractivity (Wildman–Crippen MR) is 145 cm³/mol. The molecule has 2 aromatic heterocycles. The van der Waals surface area contributed by atoms with E-state index in [4.69, 9.17) is 16.0 Å². The number of carbonyl (C=O) groups is 2. The summed E-state index contributed by atoms with van der Waals surface area (Å²) >= 11 is 0. The number of H-pyrrole nitrogens is 1. The maximum absolute atomic E-state index is 13.3. The number of rotatable bonds is 6. The average Bonchev–Trinajstić information content (AvgIpc) is 3.43. The number of ether oxygens (including phenoxy) is 2. The largest absolute Gasteiger partial charge is 0.494 e. The topological polar surface area (TPSA) is 88.9 Å². The Morgan fingerprint density at radius 3 is 2.29 bits per heavy atom. The number of aromatic nitrogens is 2. The van der Waals surface area contributed by atoms with Crippen molar-refractivity contribution in [1.29, 1.82) is 0 Å². The minimum Gasteiger partial charge on any atom is -0.494 e. The van der Waals surface area contributed by atoms with Gasteiger partial charge in [0.15, 0.2) is 5.69 Å². The van der Waals surface area contributed by atoms with Crippen molar-refractivity contribution in [3.05, 3.63) is 101 Å². The Bertz CT molecular complexity index is 1570. The number of amides is 1. The summed E-state index contributed by atoms with van der Waals surface area (Å²) in [5, 5.41) is 0.476. The average molecular weight is 507 g/mol. The fourth-order valence-corrected chi connectivity index (χ4v) is 4.95. The highest BCUT2D eigenvalue weighted by molar-refractivity contribution is 6.45. The Balaban J connectivity index is 1.41. The number of fused-ring (bicyclic) bond motifs is 1. The number of hydrogen-bond acceptors (Lipinski definition) is 5. The molecule has 1 saturated heterocycles. The quantitative estimate of drug-likeness (QED) is 0.214. The first kappa shape index (κ1) is 24.8. The van der Waals surface area contributed by atoms with Crippen LogP contribution in [0.15, 0.2) is 72.6 Å². The molecule has 38 heavy (non-hydrogen) atoms. The lowest BCUT2D eigenvalue weighted by molar-refractivity contribution is -0.126. The van der Waals surface area contributed by atoms with Gasteiger partial charge in [-0.05, 0) is 29.5 Å². The summed E-state index contributed by atoms with van der Waals surface area (Å²) in [7, 11) is 2.98. The van der Waals surface area contributed by atoms with Gasteiger partial charge in [0.25, 0.3) is 11.7 Å². The molecule has 8 nitrogen and oxygen atoms in total. The third-order valence-corrected chi connectivity index (χ3v) is 6.85. The standard InChI is InChI=1S/C30H26N4O4/c1-31-22-11-9-20(10-12-22)25(19-7-5-4-6-8-19)21-13-15-34(16-14-21)30(36)28(35)23-17-32-27-26(23)24(37-2)18-33-29(27)38-3/h4-12,17-18,32H,13-16H2,2-3H3. The van der Waals surface area contributed by atoms with Crippen LogP contribution in [0.5, 0.6) is 11.6 Å². The summed E-state index contributed by atoms with van der Waals surface area (Å²) in [6.07, 6.45) is 4.27. The van der Waals surface area contributed by atoms with Gasteiger partial charge in [-0.1, -0.05) is 60.2 Å². The number of piperidine rings is 1. The highest BCUT2D eigenvalue weighted by Crippen LogP contribution is 2.35. The van der Waals surface area contributed by atoms with Crippen LogP contribution in [0.25, 0.3) is 21.3 Å². The summed E-state index contributed by atoms with van der Waals surface area (Å²) < 4.78 is 10.7. The molecule has 5 rings (SSSR count). The summed E-state index contributed by atoms with van der Waals surface area (Å²) in [6, 6.07) is 17.7. The van der Waals surface area contributed by atoms with Gasteiger partial charge in [-0.15, -0.1) is 0 Å². The van der Waals surface area contributed by atoms with E-state index < -0.39 is 11.7 Å². The van der Waals surface area contributed by atoms with Gasteiger partial charge in [0, 0.05) is 19.3 Å². The van der Waals surface area contributed by atoms with E-state index in [0.717, 1.165) is 16.7 Å². The normalized spacial score (nSPS) is 13.2. The van der Waals surface area contributed by atoms with E-state index in [2.05, 4.69) is 26.9 Å². The first-order valence-electron chi connectivity index (χ1n) is 12.2. The van der Waals surface area contributed by atoms with Gasteiger partial charge in [0.2, 0.25) is 5.88 Å². The number of methoxy groups -OCH3 is 2. The predicted octanol–water partition coefficient (Wildman–Crippen LogP) is 5.44. The van der Waals surface area contributed by atoms with Gasteiger partial charge in [0.1, 0.15) is 11.3 Å². The zero-order valence-corrected chi connectivity index (χ0v) is 21.2. The molecule has 0 aliphatic carbocycles. The molecule has 2 aromatic carbocycles. The van der Waals surface area contributed by atoms with Crippen molar-refractivity contribution in [2.45, 2.75) is 12.8 Å².